The van der Waals surface area contributed by atoms with Gasteiger partial charge in [-0.05, 0) is 54.6 Å². The molecule has 6 nitrogen and oxygen atoms in total. The number of fused-ring (bicyclic) bond motifs is 2. The van der Waals surface area contributed by atoms with Crippen LogP contribution in [0.1, 0.15) is 21.5 Å². The van der Waals surface area contributed by atoms with E-state index in [1.165, 1.54) is 0 Å². The summed E-state index contributed by atoms with van der Waals surface area (Å²) in [7, 11) is 0. The molecule has 1 amide bonds. The molecule has 6 heteroatoms. The Morgan fingerprint density at radius 3 is 2.82 bits per heavy atom. The Morgan fingerprint density at radius 2 is 1.93 bits per heavy atom. The molecular weight excluding hydrogens is 352 g/mol. The Balaban J connectivity index is 1.67. The molecule has 0 unspecified atom stereocenters. The van der Waals surface area contributed by atoms with Crippen LogP contribution in [0.3, 0.4) is 0 Å². The topological polar surface area (TPSA) is 79.8 Å². The Labute approximate surface area is 160 Å². The number of hydrogen-bond donors (Lipinski definition) is 2. The third kappa shape index (κ3) is 2.62. The summed E-state index contributed by atoms with van der Waals surface area (Å²) in [5.41, 5.74) is 4.72. The quantitative estimate of drug-likeness (QED) is 0.569. The molecule has 0 fully saturated rings. The molecule has 0 spiro atoms. The number of pyridine rings is 1. The molecule has 5 rings (SSSR count). The van der Waals surface area contributed by atoms with Crippen LogP contribution in [0.25, 0.3) is 28.0 Å². The number of imidazole rings is 1. The lowest BCUT2D eigenvalue weighted by Crippen LogP contribution is -2.31. The minimum Gasteiger partial charge on any atom is -0.352 e. The highest BCUT2D eigenvalue weighted by Crippen LogP contribution is 2.24. The van der Waals surface area contributed by atoms with E-state index in [1.54, 1.807) is 12.4 Å². The van der Waals surface area contributed by atoms with Crippen LogP contribution in [0.2, 0.25) is 0 Å². The van der Waals surface area contributed by atoms with Crippen molar-refractivity contribution in [2.75, 3.05) is 6.54 Å². The molecule has 28 heavy (non-hydrogen) atoms. The molecule has 138 valence electrons. The van der Waals surface area contributed by atoms with Gasteiger partial charge in [0.1, 0.15) is 5.82 Å². The predicted molar refractivity (Wildman–Crippen MR) is 108 cm³/mol. The molecule has 3 heterocycles. The molecule has 0 radical (unpaired) electrons. The first kappa shape index (κ1) is 16.5. The van der Waals surface area contributed by atoms with Crippen LogP contribution in [-0.4, -0.2) is 27.0 Å². The minimum absolute atomic E-state index is 0.0659. The van der Waals surface area contributed by atoms with Crippen LogP contribution in [0, 0.1) is 6.92 Å². The number of aromatic amines is 1. The highest BCUT2D eigenvalue weighted by Gasteiger charge is 2.19. The van der Waals surface area contributed by atoms with Gasteiger partial charge in [0, 0.05) is 35.7 Å². The van der Waals surface area contributed by atoms with E-state index in [0.29, 0.717) is 23.5 Å². The number of hydrogen-bond acceptors (Lipinski definition) is 3. The van der Waals surface area contributed by atoms with Gasteiger partial charge in [-0.25, -0.2) is 4.98 Å². The zero-order chi connectivity index (χ0) is 19.3. The maximum atomic E-state index is 12.7. The second-order valence-corrected chi connectivity index (χ2v) is 7.07. The second-order valence-electron chi connectivity index (χ2n) is 7.07. The van der Waals surface area contributed by atoms with Crippen LogP contribution >= 0.6 is 0 Å². The van der Waals surface area contributed by atoms with Crippen LogP contribution in [0.4, 0.5) is 0 Å². The molecule has 1 aliphatic heterocycles. The van der Waals surface area contributed by atoms with E-state index in [-0.39, 0.29) is 11.5 Å². The summed E-state index contributed by atoms with van der Waals surface area (Å²) in [5.74, 6) is 0.476. The Morgan fingerprint density at radius 1 is 1.04 bits per heavy atom. The molecule has 0 saturated carbocycles. The van der Waals surface area contributed by atoms with Gasteiger partial charge >= 0.3 is 0 Å². The van der Waals surface area contributed by atoms with Gasteiger partial charge in [0.2, 0.25) is 0 Å². The first-order chi connectivity index (χ1) is 13.6. The van der Waals surface area contributed by atoms with Crippen molar-refractivity contribution in [3.8, 4) is 17.1 Å². The van der Waals surface area contributed by atoms with Crippen molar-refractivity contribution in [2.45, 2.75) is 13.3 Å². The summed E-state index contributed by atoms with van der Waals surface area (Å²) in [4.78, 5) is 32.3. The molecule has 2 N–H and O–H groups in total. The average molecular weight is 370 g/mol. The van der Waals surface area contributed by atoms with E-state index in [9.17, 15) is 9.59 Å². The number of carbonyl (C=O) groups excluding carboxylic acids is 1. The number of aryl methyl sites for hydroxylation is 1. The summed E-state index contributed by atoms with van der Waals surface area (Å²) in [6, 6.07) is 13.6. The van der Waals surface area contributed by atoms with E-state index in [4.69, 9.17) is 0 Å². The van der Waals surface area contributed by atoms with Gasteiger partial charge in [-0.15, -0.1) is 0 Å². The largest absolute Gasteiger partial charge is 0.352 e. The van der Waals surface area contributed by atoms with E-state index in [0.717, 1.165) is 34.1 Å². The summed E-state index contributed by atoms with van der Waals surface area (Å²) in [6.45, 7) is 2.68. The second kappa shape index (κ2) is 6.20. The van der Waals surface area contributed by atoms with Crippen molar-refractivity contribution in [1.29, 1.82) is 0 Å². The van der Waals surface area contributed by atoms with Gasteiger partial charge in [0.25, 0.3) is 11.5 Å². The number of benzene rings is 2. The van der Waals surface area contributed by atoms with E-state index >= 15 is 0 Å². The summed E-state index contributed by atoms with van der Waals surface area (Å²) in [6.07, 6.45) is 4.29. The van der Waals surface area contributed by atoms with Gasteiger partial charge in [-0.2, -0.15) is 0 Å². The Kier molecular flexibility index (Phi) is 3.65. The van der Waals surface area contributed by atoms with E-state index in [2.05, 4.69) is 15.3 Å². The number of aromatic nitrogens is 3. The molecule has 0 saturated heterocycles. The van der Waals surface area contributed by atoms with Crippen LogP contribution in [0.5, 0.6) is 0 Å². The fourth-order valence-corrected chi connectivity index (χ4v) is 3.75. The monoisotopic (exact) mass is 370 g/mol. The lowest BCUT2D eigenvalue weighted by molar-refractivity contribution is 0.0946. The molecule has 0 bridgehead atoms. The maximum Gasteiger partial charge on any atom is 0.259 e. The van der Waals surface area contributed by atoms with Gasteiger partial charge in [-0.3, -0.25) is 14.2 Å². The number of amides is 1. The molecule has 1 aliphatic rings. The molecule has 4 aromatic rings. The van der Waals surface area contributed by atoms with Crippen molar-refractivity contribution in [3.05, 3.63) is 81.9 Å². The van der Waals surface area contributed by atoms with Gasteiger partial charge < -0.3 is 10.3 Å². The zero-order valence-corrected chi connectivity index (χ0v) is 15.3. The highest BCUT2D eigenvalue weighted by molar-refractivity contribution is 5.97. The summed E-state index contributed by atoms with van der Waals surface area (Å²) in [5, 5.41) is 3.83. The van der Waals surface area contributed by atoms with Crippen molar-refractivity contribution in [1.82, 2.24) is 19.9 Å². The fourth-order valence-electron chi connectivity index (χ4n) is 3.75. The van der Waals surface area contributed by atoms with Crippen molar-refractivity contribution in [2.24, 2.45) is 0 Å². The zero-order valence-electron chi connectivity index (χ0n) is 15.3. The van der Waals surface area contributed by atoms with Crippen molar-refractivity contribution in [3.63, 3.8) is 0 Å². The molecule has 2 aromatic heterocycles. The minimum atomic E-state index is -0.195. The average Bonchev–Trinajstić information content (AvgIpc) is 3.17. The third-order valence-electron chi connectivity index (χ3n) is 5.18. The SMILES string of the molecule is Cc1ccc2[nH]c(=O)c(-c3nccn3-c3ccc4c(c3)C(=O)NCC4)cc2c1. The van der Waals surface area contributed by atoms with E-state index in [1.807, 2.05) is 54.0 Å². The Hall–Kier alpha value is -3.67. The third-order valence-corrected chi connectivity index (χ3v) is 5.18. The smallest absolute Gasteiger partial charge is 0.259 e. The first-order valence-electron chi connectivity index (χ1n) is 9.19. The number of nitrogens with zero attached hydrogens (tertiary/aromatic N) is 2. The summed E-state index contributed by atoms with van der Waals surface area (Å²) >= 11 is 0. The number of rotatable bonds is 2. The van der Waals surface area contributed by atoms with Crippen LogP contribution in [0.15, 0.2) is 59.7 Å². The van der Waals surface area contributed by atoms with Crippen molar-refractivity contribution >= 4 is 16.8 Å². The van der Waals surface area contributed by atoms with Crippen molar-refractivity contribution < 1.29 is 4.79 Å². The van der Waals surface area contributed by atoms with E-state index < -0.39 is 0 Å². The summed E-state index contributed by atoms with van der Waals surface area (Å²) < 4.78 is 1.84. The standard InChI is InChI=1S/C22H18N4O2/c1-13-2-5-19-15(10-13)11-18(22(28)25-19)20-23-8-9-26(20)16-4-3-14-6-7-24-21(27)17(14)12-16/h2-5,8-12H,6-7H2,1H3,(H,24,27)(H,25,28). The highest BCUT2D eigenvalue weighted by atomic mass is 16.1. The maximum absolute atomic E-state index is 12.7. The fraction of sp³-hybridized carbons (Fsp3) is 0.136. The van der Waals surface area contributed by atoms with Gasteiger partial charge in [0.15, 0.2) is 0 Å². The number of nitrogens with one attached hydrogen (secondary N) is 2. The molecule has 0 aliphatic carbocycles. The lowest BCUT2D eigenvalue weighted by Gasteiger charge is -2.18. The molecule has 0 atom stereocenters. The van der Waals surface area contributed by atoms with Gasteiger partial charge in [-0.1, -0.05) is 17.7 Å². The van der Waals surface area contributed by atoms with Crippen LogP contribution in [-0.2, 0) is 6.42 Å². The van der Waals surface area contributed by atoms with Gasteiger partial charge in [0.05, 0.1) is 5.56 Å². The lowest BCUT2D eigenvalue weighted by atomic mass is 9.99. The predicted octanol–water partition coefficient (Wildman–Crippen LogP) is 2.98. The molecule has 2 aromatic carbocycles. The molecular formula is C22H18N4O2. The first-order valence-corrected chi connectivity index (χ1v) is 9.19. The number of H-pyrrole nitrogens is 1. The normalized spacial score (nSPS) is 13.4. The Bertz CT molecular complexity index is 1300. The van der Waals surface area contributed by atoms with Crippen LogP contribution < -0.4 is 10.9 Å². The number of carbonyl (C=O) groups is 1.